The van der Waals surface area contributed by atoms with Crippen LogP contribution in [-0.4, -0.2) is 33.0 Å². The maximum Gasteiger partial charge on any atom is 0.230 e. The minimum Gasteiger partial charge on any atom is -0.288 e. The van der Waals surface area contributed by atoms with E-state index in [0.29, 0.717) is 24.0 Å². The Morgan fingerprint density at radius 3 is 2.89 bits per heavy atom. The third kappa shape index (κ3) is 2.42. The van der Waals surface area contributed by atoms with Crippen molar-refractivity contribution in [1.82, 2.24) is 10.2 Å². The van der Waals surface area contributed by atoms with Gasteiger partial charge < -0.3 is 0 Å². The first kappa shape index (κ1) is 12.1. The third-order valence-electron chi connectivity index (χ3n) is 3.01. The van der Waals surface area contributed by atoms with Gasteiger partial charge in [-0.15, -0.1) is 10.2 Å². The van der Waals surface area contributed by atoms with Gasteiger partial charge in [0.1, 0.15) is 5.01 Å². The van der Waals surface area contributed by atoms with E-state index in [1.165, 1.54) is 42.9 Å². The van der Waals surface area contributed by atoms with Crippen LogP contribution in [0.25, 0.3) is 0 Å². The topological polar surface area (TPSA) is 63.2 Å². The molecule has 0 spiro atoms. The molecule has 0 N–H and O–H groups in total. The van der Waals surface area contributed by atoms with Gasteiger partial charge in [0.15, 0.2) is 5.12 Å². The zero-order valence-electron chi connectivity index (χ0n) is 9.96. The Morgan fingerprint density at radius 1 is 1.44 bits per heavy atom. The second-order valence-corrected chi connectivity index (χ2v) is 7.10. The number of aromatic nitrogens is 2. The quantitative estimate of drug-likeness (QED) is 0.846. The van der Waals surface area contributed by atoms with E-state index in [0.717, 1.165) is 5.01 Å². The molecule has 1 aliphatic heterocycles. The zero-order chi connectivity index (χ0) is 12.7. The van der Waals surface area contributed by atoms with Gasteiger partial charge in [-0.25, -0.2) is 0 Å². The summed E-state index contributed by atoms with van der Waals surface area (Å²) in [6.45, 7) is 2.11. The second-order valence-electron chi connectivity index (χ2n) is 4.64. The summed E-state index contributed by atoms with van der Waals surface area (Å²) in [4.78, 5) is 24.6. The summed E-state index contributed by atoms with van der Waals surface area (Å²) in [6.07, 6.45) is 2.79. The van der Waals surface area contributed by atoms with Crippen molar-refractivity contribution < 1.29 is 9.59 Å². The van der Waals surface area contributed by atoms with Gasteiger partial charge >= 0.3 is 0 Å². The smallest absolute Gasteiger partial charge is 0.230 e. The van der Waals surface area contributed by atoms with Crippen LogP contribution in [0.2, 0.25) is 0 Å². The van der Waals surface area contributed by atoms with Gasteiger partial charge in [-0.2, -0.15) is 0 Å². The molecule has 2 fully saturated rings. The fourth-order valence-corrected chi connectivity index (χ4v) is 3.96. The molecule has 1 aromatic heterocycles. The molecule has 1 saturated heterocycles. The summed E-state index contributed by atoms with van der Waals surface area (Å²) < 4.78 is 0. The Bertz CT molecular complexity index is 498. The molecular weight excluding hydrogens is 270 g/mol. The van der Waals surface area contributed by atoms with Crippen LogP contribution in [-0.2, 0) is 9.59 Å². The summed E-state index contributed by atoms with van der Waals surface area (Å²) in [7, 11) is 0. The minimum atomic E-state index is 0.0484. The normalized spacial score (nSPS) is 23.7. The number of nitrogens with zero attached hydrogens (tertiary/aromatic N) is 3. The van der Waals surface area contributed by atoms with Gasteiger partial charge in [-0.05, 0) is 12.8 Å². The van der Waals surface area contributed by atoms with Crippen molar-refractivity contribution in [2.45, 2.75) is 37.4 Å². The Hall–Kier alpha value is -0.950. The van der Waals surface area contributed by atoms with Gasteiger partial charge in [-0.1, -0.05) is 23.1 Å². The van der Waals surface area contributed by atoms with Crippen molar-refractivity contribution >= 4 is 39.3 Å². The number of rotatable bonds is 3. The Kier molecular flexibility index (Phi) is 3.11. The molecule has 1 saturated carbocycles. The van der Waals surface area contributed by atoms with Crippen molar-refractivity contribution in [1.29, 1.82) is 0 Å². The van der Waals surface area contributed by atoms with Gasteiger partial charge in [0.2, 0.25) is 11.0 Å². The third-order valence-corrected chi connectivity index (χ3v) is 5.10. The van der Waals surface area contributed by atoms with Crippen LogP contribution in [0.1, 0.15) is 37.1 Å². The van der Waals surface area contributed by atoms with Crippen molar-refractivity contribution in [3.63, 3.8) is 0 Å². The Labute approximate surface area is 113 Å². The molecule has 18 heavy (non-hydrogen) atoms. The average Bonchev–Trinajstić information content (AvgIpc) is 2.92. The van der Waals surface area contributed by atoms with Crippen LogP contribution < -0.4 is 4.90 Å². The highest BCUT2D eigenvalue weighted by Gasteiger charge is 2.35. The molecular formula is C11H13N3O2S2. The van der Waals surface area contributed by atoms with Gasteiger partial charge in [0, 0.05) is 31.1 Å². The molecule has 2 heterocycles. The van der Waals surface area contributed by atoms with E-state index >= 15 is 0 Å². The standard InChI is InChI=1S/C11H13N3O2S2/c1-6(15)17-8-4-9(16)14(5-8)11-13-12-10(18-11)7-2-3-7/h7-8H,2-5H2,1H3. The summed E-state index contributed by atoms with van der Waals surface area (Å²) >= 11 is 2.76. The minimum absolute atomic E-state index is 0.0484. The van der Waals surface area contributed by atoms with Gasteiger partial charge in [-0.3, -0.25) is 14.5 Å². The molecule has 2 aliphatic rings. The largest absolute Gasteiger partial charge is 0.288 e. The van der Waals surface area contributed by atoms with Crippen LogP contribution in [0.15, 0.2) is 0 Å². The predicted molar refractivity (Wildman–Crippen MR) is 70.9 cm³/mol. The van der Waals surface area contributed by atoms with E-state index in [4.69, 9.17) is 0 Å². The van der Waals surface area contributed by atoms with E-state index < -0.39 is 0 Å². The van der Waals surface area contributed by atoms with Crippen LogP contribution in [0.5, 0.6) is 0 Å². The first-order valence-corrected chi connectivity index (χ1v) is 7.64. The molecule has 3 rings (SSSR count). The Morgan fingerprint density at radius 2 is 2.22 bits per heavy atom. The number of amides is 1. The highest BCUT2D eigenvalue weighted by molar-refractivity contribution is 8.14. The fourth-order valence-electron chi connectivity index (χ4n) is 2.00. The van der Waals surface area contributed by atoms with Gasteiger partial charge in [0.25, 0.3) is 0 Å². The van der Waals surface area contributed by atoms with E-state index in [2.05, 4.69) is 10.2 Å². The molecule has 1 amide bonds. The number of hydrogen-bond donors (Lipinski definition) is 0. The highest BCUT2D eigenvalue weighted by Crippen LogP contribution is 2.43. The molecule has 1 aromatic rings. The molecule has 0 bridgehead atoms. The molecule has 1 unspecified atom stereocenters. The number of hydrogen-bond acceptors (Lipinski definition) is 6. The van der Waals surface area contributed by atoms with Crippen molar-refractivity contribution in [3.05, 3.63) is 5.01 Å². The molecule has 5 nitrogen and oxygen atoms in total. The first-order valence-electron chi connectivity index (χ1n) is 5.94. The maximum absolute atomic E-state index is 11.9. The number of thioether (sulfide) groups is 1. The van der Waals surface area contributed by atoms with E-state index in [9.17, 15) is 9.59 Å². The molecule has 0 aromatic carbocycles. The molecule has 1 aliphatic carbocycles. The van der Waals surface area contributed by atoms with E-state index in [1.807, 2.05) is 0 Å². The lowest BCUT2D eigenvalue weighted by Gasteiger charge is -2.11. The van der Waals surface area contributed by atoms with Crippen molar-refractivity contribution in [2.24, 2.45) is 0 Å². The summed E-state index contributed by atoms with van der Waals surface area (Å²) in [5, 5.41) is 10.1. The molecule has 7 heteroatoms. The number of anilines is 1. The Balaban J connectivity index is 1.71. The summed E-state index contributed by atoms with van der Waals surface area (Å²) in [5.41, 5.74) is 0. The van der Waals surface area contributed by atoms with Crippen LogP contribution in [0, 0.1) is 0 Å². The highest BCUT2D eigenvalue weighted by atomic mass is 32.2. The zero-order valence-corrected chi connectivity index (χ0v) is 11.6. The predicted octanol–water partition coefficient (Wildman–Crippen LogP) is 1.80. The lowest BCUT2D eigenvalue weighted by Crippen LogP contribution is -2.24. The lowest BCUT2D eigenvalue weighted by atomic mass is 10.4. The summed E-state index contributed by atoms with van der Waals surface area (Å²) in [6, 6.07) is 0. The first-order chi connectivity index (χ1) is 8.63. The van der Waals surface area contributed by atoms with Crippen molar-refractivity contribution in [2.75, 3.05) is 11.4 Å². The van der Waals surface area contributed by atoms with E-state index in [1.54, 1.807) is 4.90 Å². The molecule has 96 valence electrons. The van der Waals surface area contributed by atoms with E-state index in [-0.39, 0.29) is 16.3 Å². The fraction of sp³-hybridized carbons (Fsp3) is 0.636. The number of carbonyl (C=O) groups is 2. The monoisotopic (exact) mass is 283 g/mol. The SMILES string of the molecule is CC(=O)SC1CC(=O)N(c2nnc(C3CC3)s2)C1. The summed E-state index contributed by atoms with van der Waals surface area (Å²) in [5.74, 6) is 0.614. The van der Waals surface area contributed by atoms with Crippen LogP contribution in [0.4, 0.5) is 5.13 Å². The average molecular weight is 283 g/mol. The second kappa shape index (κ2) is 4.62. The number of carbonyl (C=O) groups excluding carboxylic acids is 2. The van der Waals surface area contributed by atoms with Crippen LogP contribution in [0.3, 0.4) is 0 Å². The molecule has 0 radical (unpaired) electrons. The lowest BCUT2D eigenvalue weighted by molar-refractivity contribution is -0.117. The van der Waals surface area contributed by atoms with Crippen LogP contribution >= 0.6 is 23.1 Å². The maximum atomic E-state index is 11.9. The van der Waals surface area contributed by atoms with Crippen molar-refractivity contribution in [3.8, 4) is 0 Å². The van der Waals surface area contributed by atoms with Gasteiger partial charge in [0.05, 0.1) is 0 Å². The molecule has 1 atom stereocenters.